The Morgan fingerprint density at radius 2 is 1.64 bits per heavy atom. The summed E-state index contributed by atoms with van der Waals surface area (Å²) < 4.78 is 0. The van der Waals surface area contributed by atoms with Gasteiger partial charge in [0.15, 0.2) is 17.3 Å². The Balaban J connectivity index is 1.66. The van der Waals surface area contributed by atoms with Gasteiger partial charge in [0, 0.05) is 39.9 Å². The van der Waals surface area contributed by atoms with Crippen LogP contribution in [0, 0.1) is 15.5 Å². The number of Topliss-reactive ketones (excluding diaryl/α,β-unsaturated/α-hetero) is 3. The molecule has 0 saturated carbocycles. The van der Waals surface area contributed by atoms with Gasteiger partial charge in [-0.25, -0.2) is 0 Å². The Bertz CT molecular complexity index is 1490. The number of hydrogen-bond acceptors (Lipinski definition) is 6. The molecule has 3 unspecified atom stereocenters. The minimum Gasteiger partial charge on any atom is -0.352 e. The molecular weight excluding hydrogens is 480 g/mol. The van der Waals surface area contributed by atoms with Crippen molar-refractivity contribution in [1.82, 2.24) is 0 Å². The molecule has 3 aromatic rings. The normalized spacial score (nSPS) is 22.9. The number of nitro benzene ring substituents is 1. The number of nitrogens with zero attached hydrogens (tertiary/aromatic N) is 2. The second-order valence-corrected chi connectivity index (χ2v) is 9.81. The van der Waals surface area contributed by atoms with E-state index in [9.17, 15) is 24.5 Å². The molecule has 0 bridgehead atoms. The second-order valence-electron chi connectivity index (χ2n) is 9.37. The van der Waals surface area contributed by atoms with Crippen LogP contribution in [0.5, 0.6) is 0 Å². The third-order valence-electron chi connectivity index (χ3n) is 7.65. The molecule has 3 atom stereocenters. The van der Waals surface area contributed by atoms with Crippen LogP contribution in [-0.2, 0) is 4.79 Å². The van der Waals surface area contributed by atoms with E-state index in [0.29, 0.717) is 27.4 Å². The van der Waals surface area contributed by atoms with Crippen molar-refractivity contribution in [2.24, 2.45) is 5.41 Å². The van der Waals surface area contributed by atoms with E-state index < -0.39 is 28.3 Å². The molecule has 36 heavy (non-hydrogen) atoms. The average Bonchev–Trinajstić information content (AvgIpc) is 3.30. The molecule has 0 amide bonds. The first kappa shape index (κ1) is 22.4. The van der Waals surface area contributed by atoms with Crippen LogP contribution in [0.4, 0.5) is 11.4 Å². The molecule has 3 aromatic carbocycles. The Kier molecular flexibility index (Phi) is 4.78. The van der Waals surface area contributed by atoms with Crippen LogP contribution in [0.1, 0.15) is 44.7 Å². The Hall–Kier alpha value is -4.10. The highest BCUT2D eigenvalue weighted by Crippen LogP contribution is 2.60. The lowest BCUT2D eigenvalue weighted by Crippen LogP contribution is -2.48. The van der Waals surface area contributed by atoms with Crippen molar-refractivity contribution in [3.8, 4) is 0 Å². The molecular formula is C28H19ClN2O5. The summed E-state index contributed by atoms with van der Waals surface area (Å²) in [5, 5.41) is 11.8. The number of rotatable bonds is 3. The minimum absolute atomic E-state index is 0.116. The van der Waals surface area contributed by atoms with Crippen LogP contribution in [0.3, 0.4) is 0 Å². The number of nitro groups is 1. The Morgan fingerprint density at radius 3 is 2.22 bits per heavy atom. The summed E-state index contributed by atoms with van der Waals surface area (Å²) in [7, 11) is 0. The van der Waals surface area contributed by atoms with Gasteiger partial charge in [0.2, 0.25) is 0 Å². The molecule has 1 saturated heterocycles. The fourth-order valence-electron chi connectivity index (χ4n) is 6.28. The monoisotopic (exact) mass is 498 g/mol. The van der Waals surface area contributed by atoms with E-state index in [4.69, 9.17) is 11.6 Å². The molecule has 178 valence electrons. The molecule has 1 spiro atoms. The van der Waals surface area contributed by atoms with E-state index in [2.05, 4.69) is 0 Å². The predicted molar refractivity (Wildman–Crippen MR) is 135 cm³/mol. The highest BCUT2D eigenvalue weighted by Gasteiger charge is 2.71. The van der Waals surface area contributed by atoms with Gasteiger partial charge in [-0.1, -0.05) is 60.2 Å². The topological polar surface area (TPSA) is 97.6 Å². The van der Waals surface area contributed by atoms with Crippen LogP contribution < -0.4 is 4.90 Å². The van der Waals surface area contributed by atoms with Gasteiger partial charge < -0.3 is 4.90 Å². The molecule has 0 radical (unpaired) electrons. The average molecular weight is 499 g/mol. The second kappa shape index (κ2) is 7.70. The lowest BCUT2D eigenvalue weighted by atomic mass is 9.64. The summed E-state index contributed by atoms with van der Waals surface area (Å²) in [6.07, 6.45) is 3.64. The fraction of sp³-hybridized carbons (Fsp3) is 0.179. The van der Waals surface area contributed by atoms with E-state index in [1.54, 1.807) is 54.6 Å². The van der Waals surface area contributed by atoms with Crippen molar-refractivity contribution in [3.05, 3.63) is 110 Å². The molecule has 3 aliphatic rings. The summed E-state index contributed by atoms with van der Waals surface area (Å²) in [6.45, 7) is 1.45. The number of carbonyl (C=O) groups is 3. The number of non-ortho nitro benzene ring substituents is 1. The number of benzene rings is 3. The van der Waals surface area contributed by atoms with E-state index in [1.807, 2.05) is 17.1 Å². The van der Waals surface area contributed by atoms with Crippen molar-refractivity contribution in [2.75, 3.05) is 4.90 Å². The van der Waals surface area contributed by atoms with Crippen LogP contribution in [0.2, 0.25) is 5.02 Å². The molecule has 7 nitrogen and oxygen atoms in total. The highest BCUT2D eigenvalue weighted by molar-refractivity contribution is 6.32. The smallest absolute Gasteiger partial charge is 0.269 e. The summed E-state index contributed by atoms with van der Waals surface area (Å²) in [5.41, 5.74) is 0.933. The predicted octanol–water partition coefficient (Wildman–Crippen LogP) is 5.27. The van der Waals surface area contributed by atoms with Gasteiger partial charge in [-0.2, -0.15) is 0 Å². The van der Waals surface area contributed by atoms with Crippen molar-refractivity contribution >= 4 is 46.4 Å². The van der Waals surface area contributed by atoms with Gasteiger partial charge >= 0.3 is 0 Å². The largest absolute Gasteiger partial charge is 0.352 e. The molecule has 0 aromatic heterocycles. The first-order valence-corrected chi connectivity index (χ1v) is 11.8. The van der Waals surface area contributed by atoms with Gasteiger partial charge in [0.25, 0.3) is 5.69 Å². The maximum absolute atomic E-state index is 14.3. The van der Waals surface area contributed by atoms with Crippen molar-refractivity contribution in [2.45, 2.75) is 24.9 Å². The highest BCUT2D eigenvalue weighted by atomic mass is 35.5. The van der Waals surface area contributed by atoms with Crippen LogP contribution >= 0.6 is 11.6 Å². The zero-order chi connectivity index (χ0) is 25.4. The van der Waals surface area contributed by atoms with Crippen molar-refractivity contribution in [1.29, 1.82) is 0 Å². The third kappa shape index (κ3) is 2.77. The molecule has 1 aliphatic carbocycles. The molecule has 6 rings (SSSR count). The van der Waals surface area contributed by atoms with Crippen LogP contribution in [-0.4, -0.2) is 34.4 Å². The zero-order valence-corrected chi connectivity index (χ0v) is 19.8. The van der Waals surface area contributed by atoms with Crippen LogP contribution in [0.15, 0.2) is 72.8 Å². The molecule has 8 heteroatoms. The number of ketones is 3. The van der Waals surface area contributed by atoms with Gasteiger partial charge in [-0.3, -0.25) is 24.5 Å². The van der Waals surface area contributed by atoms with E-state index in [0.717, 1.165) is 5.56 Å². The number of fused-ring (bicyclic) bond motifs is 5. The quantitative estimate of drug-likeness (QED) is 0.277. The standard InChI is InChI=1S/C28H19ClN2O5/c1-15(32)25-24(16-6-10-19(11-7-16)31(35)36)28(26(33)20-4-2-3-5-21(20)27(28)34)23-13-8-17-14-18(29)9-12-22(17)30(23)25/h2-14,23-25H,1H3. The SMILES string of the molecule is CC(=O)C1C(c2ccc([N+](=O)[O-])cc2)C2(C(=O)c3ccccc3C2=O)C2C=Cc3cc(Cl)ccc3N12. The molecule has 2 aliphatic heterocycles. The number of halogens is 1. The van der Waals surface area contributed by atoms with E-state index in [1.165, 1.54) is 19.1 Å². The zero-order valence-electron chi connectivity index (χ0n) is 19.1. The first-order valence-electron chi connectivity index (χ1n) is 11.5. The van der Waals surface area contributed by atoms with Gasteiger partial charge in [-0.05, 0) is 36.2 Å². The summed E-state index contributed by atoms with van der Waals surface area (Å²) >= 11 is 6.23. The summed E-state index contributed by atoms with van der Waals surface area (Å²) in [6, 6.07) is 16.2. The first-order chi connectivity index (χ1) is 17.3. The van der Waals surface area contributed by atoms with Crippen LogP contribution in [0.25, 0.3) is 6.08 Å². The van der Waals surface area contributed by atoms with Gasteiger partial charge in [0.05, 0.1) is 17.0 Å². The maximum Gasteiger partial charge on any atom is 0.269 e. The fourth-order valence-corrected chi connectivity index (χ4v) is 6.46. The number of anilines is 1. The lowest BCUT2D eigenvalue weighted by molar-refractivity contribution is -0.384. The van der Waals surface area contributed by atoms with E-state index in [-0.39, 0.29) is 23.0 Å². The van der Waals surface area contributed by atoms with Crippen molar-refractivity contribution < 1.29 is 19.3 Å². The Morgan fingerprint density at radius 1 is 1.00 bits per heavy atom. The lowest BCUT2D eigenvalue weighted by Gasteiger charge is -2.37. The van der Waals surface area contributed by atoms with Gasteiger partial charge in [0.1, 0.15) is 5.41 Å². The minimum atomic E-state index is -1.61. The molecule has 2 heterocycles. The van der Waals surface area contributed by atoms with E-state index >= 15 is 0 Å². The summed E-state index contributed by atoms with van der Waals surface area (Å²) in [5.74, 6) is -1.76. The van der Waals surface area contributed by atoms with Gasteiger partial charge in [-0.15, -0.1) is 0 Å². The Labute approximate surface area is 211 Å². The molecule has 1 fully saturated rings. The molecule has 0 N–H and O–H groups in total. The summed E-state index contributed by atoms with van der Waals surface area (Å²) in [4.78, 5) is 54.5. The number of carbonyl (C=O) groups excluding carboxylic acids is 3. The maximum atomic E-state index is 14.3. The third-order valence-corrected chi connectivity index (χ3v) is 7.88. The van der Waals surface area contributed by atoms with Crippen molar-refractivity contribution in [3.63, 3.8) is 0 Å². The number of hydrogen-bond donors (Lipinski definition) is 0.